The first-order valence-corrected chi connectivity index (χ1v) is 6.69. The molecule has 0 aromatic heterocycles. The minimum absolute atomic E-state index is 0.362. The molecule has 1 aliphatic heterocycles. The van der Waals surface area contributed by atoms with Crippen LogP contribution in [0, 0.1) is 5.41 Å². The Bertz CT molecular complexity index is 387. The van der Waals surface area contributed by atoms with E-state index in [4.69, 9.17) is 4.74 Å². The summed E-state index contributed by atoms with van der Waals surface area (Å²) in [4.78, 5) is 0. The van der Waals surface area contributed by atoms with Crippen LogP contribution in [0.5, 0.6) is 0 Å². The van der Waals surface area contributed by atoms with E-state index in [1.54, 1.807) is 0 Å². The number of ether oxygens (including phenoxy) is 1. The molecule has 1 aliphatic rings. The van der Waals surface area contributed by atoms with E-state index in [9.17, 15) is 0 Å². The van der Waals surface area contributed by atoms with Crippen LogP contribution in [0.4, 0.5) is 0 Å². The molecule has 0 N–H and O–H groups in total. The third kappa shape index (κ3) is 3.10. The van der Waals surface area contributed by atoms with E-state index >= 15 is 0 Å². The van der Waals surface area contributed by atoms with Crippen LogP contribution in [0.25, 0.3) is 0 Å². The van der Waals surface area contributed by atoms with Gasteiger partial charge in [-0.3, -0.25) is 0 Å². The fourth-order valence-corrected chi connectivity index (χ4v) is 2.62. The minimum atomic E-state index is 0.362. The van der Waals surface area contributed by atoms with Crippen molar-refractivity contribution < 1.29 is 4.74 Å². The molecule has 1 aromatic rings. The maximum absolute atomic E-state index is 5.64. The minimum Gasteiger partial charge on any atom is -0.376 e. The van der Waals surface area contributed by atoms with Crippen molar-refractivity contribution >= 4 is 0 Å². The molecule has 94 valence electrons. The number of benzene rings is 1. The molecule has 0 saturated carbocycles. The Balaban J connectivity index is 2.28. The highest BCUT2D eigenvalue weighted by atomic mass is 16.5. The van der Waals surface area contributed by atoms with Gasteiger partial charge >= 0.3 is 0 Å². The van der Waals surface area contributed by atoms with E-state index in [-0.39, 0.29) is 0 Å². The number of hydrogen-bond donors (Lipinski definition) is 0. The fraction of sp³-hybridized carbons (Fsp3) is 0.625. The average Bonchev–Trinajstić information content (AvgIpc) is 2.26. The lowest BCUT2D eigenvalue weighted by Crippen LogP contribution is -2.17. The maximum atomic E-state index is 5.64. The zero-order valence-electron chi connectivity index (χ0n) is 11.5. The number of rotatable bonds is 2. The standard InChI is InChI=1S/C16H24O/c1-5-13-10-17-11-14-7-6-12(8-15(13)14)9-16(2,3)4/h6-8,13H,5,9-11H2,1-4H3. The molecule has 0 spiro atoms. The molecular formula is C16H24O. The van der Waals surface area contributed by atoms with Gasteiger partial charge in [-0.2, -0.15) is 0 Å². The molecule has 0 bridgehead atoms. The highest BCUT2D eigenvalue weighted by Gasteiger charge is 2.20. The topological polar surface area (TPSA) is 9.23 Å². The molecule has 0 aliphatic carbocycles. The Kier molecular flexibility index (Phi) is 3.58. The smallest absolute Gasteiger partial charge is 0.0719 e. The van der Waals surface area contributed by atoms with Crippen molar-refractivity contribution in [2.75, 3.05) is 6.61 Å². The Morgan fingerprint density at radius 1 is 1.29 bits per heavy atom. The molecule has 1 aromatic carbocycles. The average molecular weight is 232 g/mol. The summed E-state index contributed by atoms with van der Waals surface area (Å²) < 4.78 is 5.64. The normalized spacial score (nSPS) is 20.1. The van der Waals surface area contributed by atoms with Gasteiger partial charge < -0.3 is 4.74 Å². The molecule has 1 heterocycles. The summed E-state index contributed by atoms with van der Waals surface area (Å²) in [5.41, 5.74) is 4.75. The Morgan fingerprint density at radius 3 is 2.71 bits per heavy atom. The van der Waals surface area contributed by atoms with Gasteiger partial charge in [0.05, 0.1) is 13.2 Å². The van der Waals surface area contributed by atoms with E-state index in [0.717, 1.165) is 19.6 Å². The molecule has 1 atom stereocenters. The summed E-state index contributed by atoms with van der Waals surface area (Å²) in [6.45, 7) is 10.8. The van der Waals surface area contributed by atoms with Gasteiger partial charge in [0.2, 0.25) is 0 Å². The summed E-state index contributed by atoms with van der Waals surface area (Å²) in [6.07, 6.45) is 2.32. The Labute approximate surface area is 105 Å². The second kappa shape index (κ2) is 4.81. The lowest BCUT2D eigenvalue weighted by atomic mass is 9.84. The van der Waals surface area contributed by atoms with Crippen LogP contribution >= 0.6 is 0 Å². The molecule has 2 rings (SSSR count). The van der Waals surface area contributed by atoms with E-state index in [2.05, 4.69) is 45.9 Å². The molecule has 17 heavy (non-hydrogen) atoms. The molecular weight excluding hydrogens is 208 g/mol. The maximum Gasteiger partial charge on any atom is 0.0719 e. The van der Waals surface area contributed by atoms with E-state index in [0.29, 0.717) is 11.3 Å². The Hall–Kier alpha value is -0.820. The highest BCUT2D eigenvalue weighted by Crippen LogP contribution is 2.31. The lowest BCUT2D eigenvalue weighted by molar-refractivity contribution is 0.0899. The first kappa shape index (κ1) is 12.6. The zero-order chi connectivity index (χ0) is 12.5. The van der Waals surface area contributed by atoms with Crippen molar-refractivity contribution in [1.82, 2.24) is 0 Å². The van der Waals surface area contributed by atoms with Crippen molar-refractivity contribution in [2.45, 2.75) is 53.1 Å². The second-order valence-corrected chi connectivity index (χ2v) is 6.39. The largest absolute Gasteiger partial charge is 0.376 e. The quantitative estimate of drug-likeness (QED) is 0.738. The molecule has 1 nitrogen and oxygen atoms in total. The SMILES string of the molecule is CCC1COCc2ccc(CC(C)(C)C)cc21. The van der Waals surface area contributed by atoms with E-state index in [1.807, 2.05) is 0 Å². The van der Waals surface area contributed by atoms with E-state index < -0.39 is 0 Å². The van der Waals surface area contributed by atoms with Crippen molar-refractivity contribution in [3.8, 4) is 0 Å². The van der Waals surface area contributed by atoms with E-state index in [1.165, 1.54) is 23.1 Å². The van der Waals surface area contributed by atoms with Gasteiger partial charge in [-0.1, -0.05) is 45.9 Å². The van der Waals surface area contributed by atoms with Gasteiger partial charge in [0.25, 0.3) is 0 Å². The van der Waals surface area contributed by atoms with Crippen LogP contribution in [0.1, 0.15) is 56.7 Å². The predicted molar refractivity (Wildman–Crippen MR) is 72.3 cm³/mol. The van der Waals surface area contributed by atoms with Gasteiger partial charge in [-0.25, -0.2) is 0 Å². The van der Waals surface area contributed by atoms with Gasteiger partial charge in [0, 0.05) is 5.92 Å². The van der Waals surface area contributed by atoms with Crippen LogP contribution in [0.15, 0.2) is 18.2 Å². The summed E-state index contributed by atoms with van der Waals surface area (Å²) in [5.74, 6) is 0.596. The molecule has 1 unspecified atom stereocenters. The summed E-state index contributed by atoms with van der Waals surface area (Å²) in [5, 5.41) is 0. The second-order valence-electron chi connectivity index (χ2n) is 6.39. The molecule has 0 amide bonds. The first-order valence-electron chi connectivity index (χ1n) is 6.69. The third-order valence-corrected chi connectivity index (χ3v) is 3.45. The lowest BCUT2D eigenvalue weighted by Gasteiger charge is -2.26. The monoisotopic (exact) mass is 232 g/mol. The molecule has 0 radical (unpaired) electrons. The zero-order valence-corrected chi connectivity index (χ0v) is 11.5. The Morgan fingerprint density at radius 2 is 2.06 bits per heavy atom. The molecule has 1 heteroatoms. The molecule has 0 fully saturated rings. The van der Waals surface area contributed by atoms with Gasteiger partial charge in [-0.05, 0) is 34.9 Å². The van der Waals surface area contributed by atoms with Crippen LogP contribution in [-0.2, 0) is 17.8 Å². The van der Waals surface area contributed by atoms with Crippen LogP contribution < -0.4 is 0 Å². The first-order chi connectivity index (χ1) is 7.99. The number of fused-ring (bicyclic) bond motifs is 1. The summed E-state index contributed by atoms with van der Waals surface area (Å²) in [7, 11) is 0. The van der Waals surface area contributed by atoms with Gasteiger partial charge in [-0.15, -0.1) is 0 Å². The van der Waals surface area contributed by atoms with Crippen LogP contribution in [0.3, 0.4) is 0 Å². The van der Waals surface area contributed by atoms with Crippen LogP contribution in [-0.4, -0.2) is 6.61 Å². The molecule has 0 saturated heterocycles. The van der Waals surface area contributed by atoms with Crippen molar-refractivity contribution in [2.24, 2.45) is 5.41 Å². The van der Waals surface area contributed by atoms with Gasteiger partial charge in [0.15, 0.2) is 0 Å². The highest BCUT2D eigenvalue weighted by molar-refractivity contribution is 5.36. The van der Waals surface area contributed by atoms with Crippen molar-refractivity contribution in [3.05, 3.63) is 34.9 Å². The van der Waals surface area contributed by atoms with Crippen molar-refractivity contribution in [3.63, 3.8) is 0 Å². The summed E-state index contributed by atoms with van der Waals surface area (Å²) in [6, 6.07) is 6.95. The third-order valence-electron chi connectivity index (χ3n) is 3.45. The van der Waals surface area contributed by atoms with Crippen LogP contribution in [0.2, 0.25) is 0 Å². The predicted octanol–water partition coefficient (Wildman–Crippen LogP) is 4.30. The van der Waals surface area contributed by atoms with Crippen molar-refractivity contribution in [1.29, 1.82) is 0 Å². The summed E-state index contributed by atoms with van der Waals surface area (Å²) >= 11 is 0. The number of hydrogen-bond acceptors (Lipinski definition) is 1. The van der Waals surface area contributed by atoms with Gasteiger partial charge in [0.1, 0.15) is 0 Å². The fourth-order valence-electron chi connectivity index (χ4n) is 2.62.